The van der Waals surface area contributed by atoms with Gasteiger partial charge in [-0.05, 0) is 69.3 Å². The predicted octanol–water partition coefficient (Wildman–Crippen LogP) is 4.58. The van der Waals surface area contributed by atoms with Gasteiger partial charge in [0.1, 0.15) is 0 Å². The standard InChI is InChI=1S/C26H32N4O2S/c1-26(24(32)29-25(33-26)28-22-13-17-6-7-18(22)12-17)14-16-8-10-30(11-9-16)23(31)20-15-27-21-5-3-2-4-19(20)21/h2-5,15-18,22,27H,6-14H2,1H3,(H,28,29,32)/t17-,18?,22+,26-/m1/s1. The molecule has 2 aromatic rings. The van der Waals surface area contributed by atoms with Crippen LogP contribution < -0.4 is 5.32 Å². The monoisotopic (exact) mass is 464 g/mol. The van der Waals surface area contributed by atoms with Gasteiger partial charge in [-0.25, -0.2) is 0 Å². The number of amidine groups is 1. The van der Waals surface area contributed by atoms with E-state index in [1.807, 2.05) is 35.4 Å². The fraction of sp³-hybridized carbons (Fsp3) is 0.577. The van der Waals surface area contributed by atoms with Gasteiger partial charge in [0.05, 0.1) is 16.4 Å². The first-order chi connectivity index (χ1) is 16.0. The van der Waals surface area contributed by atoms with Gasteiger partial charge < -0.3 is 15.2 Å². The number of nitrogens with zero attached hydrogens (tertiary/aromatic N) is 2. The molecule has 174 valence electrons. The second-order valence-corrected chi connectivity index (χ2v) is 12.1. The molecule has 4 aliphatic rings. The van der Waals surface area contributed by atoms with Crippen molar-refractivity contribution < 1.29 is 9.59 Å². The van der Waals surface area contributed by atoms with E-state index in [2.05, 4.69) is 17.2 Å². The molecule has 2 amide bonds. The minimum absolute atomic E-state index is 0.102. The van der Waals surface area contributed by atoms with E-state index in [-0.39, 0.29) is 11.8 Å². The molecule has 0 spiro atoms. The minimum Gasteiger partial charge on any atom is -0.360 e. The Labute approximate surface area is 199 Å². The highest BCUT2D eigenvalue weighted by Crippen LogP contribution is 2.47. The number of H-pyrrole nitrogens is 1. The lowest BCUT2D eigenvalue weighted by atomic mass is 9.87. The van der Waals surface area contributed by atoms with Crippen LogP contribution in [0.15, 0.2) is 35.5 Å². The van der Waals surface area contributed by atoms with Crippen molar-refractivity contribution in [2.45, 2.75) is 62.7 Å². The van der Waals surface area contributed by atoms with Crippen LogP contribution in [-0.2, 0) is 4.79 Å². The van der Waals surface area contributed by atoms with Gasteiger partial charge in [-0.1, -0.05) is 36.4 Å². The average Bonchev–Trinajstić information content (AvgIpc) is 3.58. The number of piperidine rings is 1. The van der Waals surface area contributed by atoms with Crippen LogP contribution in [0.1, 0.15) is 62.2 Å². The van der Waals surface area contributed by atoms with Crippen LogP contribution in [0, 0.1) is 17.8 Å². The summed E-state index contributed by atoms with van der Waals surface area (Å²) in [6, 6.07) is 8.35. The summed E-state index contributed by atoms with van der Waals surface area (Å²) >= 11 is 1.64. The smallest absolute Gasteiger partial charge is 0.256 e. The third kappa shape index (κ3) is 3.88. The Kier molecular flexibility index (Phi) is 5.28. The molecule has 2 N–H and O–H groups in total. The van der Waals surface area contributed by atoms with E-state index >= 15 is 0 Å². The number of rotatable bonds is 4. The van der Waals surface area contributed by atoms with E-state index < -0.39 is 4.75 Å². The Morgan fingerprint density at radius 1 is 1.18 bits per heavy atom. The topological polar surface area (TPSA) is 77.6 Å². The van der Waals surface area contributed by atoms with E-state index in [0.29, 0.717) is 12.0 Å². The van der Waals surface area contributed by atoms with Crippen molar-refractivity contribution in [2.75, 3.05) is 13.1 Å². The molecule has 2 aliphatic carbocycles. The first kappa shape index (κ1) is 21.3. The van der Waals surface area contributed by atoms with Crippen molar-refractivity contribution in [3.05, 3.63) is 36.0 Å². The average molecular weight is 465 g/mol. The molecule has 3 heterocycles. The number of benzene rings is 1. The number of fused-ring (bicyclic) bond motifs is 3. The number of hydrogen-bond donors (Lipinski definition) is 2. The minimum atomic E-state index is -0.454. The molecule has 2 aliphatic heterocycles. The lowest BCUT2D eigenvalue weighted by Crippen LogP contribution is -2.41. The van der Waals surface area contributed by atoms with Crippen molar-refractivity contribution in [3.8, 4) is 0 Å². The van der Waals surface area contributed by atoms with E-state index in [1.165, 1.54) is 25.7 Å². The number of thioether (sulfide) groups is 1. The number of aromatic amines is 1. The van der Waals surface area contributed by atoms with Gasteiger partial charge in [-0.3, -0.25) is 14.6 Å². The summed E-state index contributed by atoms with van der Waals surface area (Å²) in [6.07, 6.45) is 9.75. The van der Waals surface area contributed by atoms with Crippen molar-refractivity contribution in [3.63, 3.8) is 0 Å². The number of aliphatic imine (C=N–C) groups is 1. The number of aromatic nitrogens is 1. The van der Waals surface area contributed by atoms with Crippen LogP contribution in [0.2, 0.25) is 0 Å². The summed E-state index contributed by atoms with van der Waals surface area (Å²) in [4.78, 5) is 36.2. The Hall–Kier alpha value is -2.28. The number of hydrogen-bond acceptors (Lipinski definition) is 4. The number of para-hydroxylation sites is 1. The quantitative estimate of drug-likeness (QED) is 0.695. The normalized spacial score (nSPS) is 33.4. The van der Waals surface area contributed by atoms with Crippen molar-refractivity contribution in [1.29, 1.82) is 0 Å². The van der Waals surface area contributed by atoms with Crippen LogP contribution in [0.5, 0.6) is 0 Å². The van der Waals surface area contributed by atoms with Gasteiger partial charge in [0.15, 0.2) is 5.17 Å². The Bertz CT molecular complexity index is 1120. The molecule has 7 heteroatoms. The van der Waals surface area contributed by atoms with Crippen molar-refractivity contribution in [1.82, 2.24) is 15.2 Å². The maximum atomic E-state index is 13.1. The highest BCUT2D eigenvalue weighted by molar-refractivity contribution is 8.16. The van der Waals surface area contributed by atoms with E-state index in [0.717, 1.165) is 65.8 Å². The summed E-state index contributed by atoms with van der Waals surface area (Å²) in [6.45, 7) is 3.56. The summed E-state index contributed by atoms with van der Waals surface area (Å²) < 4.78 is -0.454. The summed E-state index contributed by atoms with van der Waals surface area (Å²) in [7, 11) is 0. The first-order valence-electron chi connectivity index (χ1n) is 12.4. The summed E-state index contributed by atoms with van der Waals surface area (Å²) in [5.74, 6) is 2.24. The Morgan fingerprint density at radius 3 is 2.76 bits per heavy atom. The molecule has 6 rings (SSSR count). The number of nitrogens with one attached hydrogen (secondary N) is 2. The Balaban J connectivity index is 1.06. The molecule has 1 unspecified atom stereocenters. The molecule has 0 radical (unpaired) electrons. The second-order valence-electron chi connectivity index (χ2n) is 10.7. The lowest BCUT2D eigenvalue weighted by Gasteiger charge is -2.34. The summed E-state index contributed by atoms with van der Waals surface area (Å²) in [5.41, 5.74) is 1.75. The van der Waals surface area contributed by atoms with Crippen LogP contribution in [0.4, 0.5) is 0 Å². The maximum Gasteiger partial charge on any atom is 0.256 e. The molecule has 2 saturated carbocycles. The van der Waals surface area contributed by atoms with Crippen LogP contribution in [0.3, 0.4) is 0 Å². The van der Waals surface area contributed by atoms with Gasteiger partial charge in [-0.15, -0.1) is 0 Å². The lowest BCUT2D eigenvalue weighted by molar-refractivity contribution is -0.121. The van der Waals surface area contributed by atoms with Gasteiger partial charge in [0.25, 0.3) is 5.91 Å². The summed E-state index contributed by atoms with van der Waals surface area (Å²) in [5, 5.41) is 4.91. The van der Waals surface area contributed by atoms with Gasteiger partial charge >= 0.3 is 0 Å². The third-order valence-electron chi connectivity index (χ3n) is 8.41. The van der Waals surface area contributed by atoms with Crippen LogP contribution >= 0.6 is 11.8 Å². The molecule has 6 nitrogen and oxygen atoms in total. The second kappa shape index (κ2) is 8.19. The highest BCUT2D eigenvalue weighted by atomic mass is 32.2. The molecule has 4 atom stereocenters. The van der Waals surface area contributed by atoms with Crippen molar-refractivity contribution >= 4 is 39.6 Å². The molecular weight excluding hydrogens is 432 g/mol. The van der Waals surface area contributed by atoms with E-state index in [4.69, 9.17) is 4.99 Å². The molecule has 2 saturated heterocycles. The predicted molar refractivity (Wildman–Crippen MR) is 132 cm³/mol. The van der Waals surface area contributed by atoms with Crippen LogP contribution in [0.25, 0.3) is 10.9 Å². The zero-order chi connectivity index (χ0) is 22.6. The van der Waals surface area contributed by atoms with Gasteiger partial charge in [0, 0.05) is 30.2 Å². The van der Waals surface area contributed by atoms with Gasteiger partial charge in [-0.2, -0.15) is 0 Å². The number of likely N-dealkylation sites (tertiary alicyclic amines) is 1. The zero-order valence-electron chi connectivity index (χ0n) is 19.2. The Morgan fingerprint density at radius 2 is 2.00 bits per heavy atom. The van der Waals surface area contributed by atoms with Crippen molar-refractivity contribution in [2.24, 2.45) is 22.7 Å². The molecule has 1 aromatic carbocycles. The number of carbonyl (C=O) groups is 2. The fourth-order valence-corrected chi connectivity index (χ4v) is 7.76. The molecular formula is C26H32N4O2S. The highest BCUT2D eigenvalue weighted by Gasteiger charge is 2.46. The third-order valence-corrected chi connectivity index (χ3v) is 9.61. The van der Waals surface area contributed by atoms with E-state index in [1.54, 1.807) is 11.8 Å². The molecule has 33 heavy (non-hydrogen) atoms. The SMILES string of the molecule is C[C@]1(CC2CCN(C(=O)c3c[nH]c4ccccc34)CC2)SC(=N[C@H]2C[C@@H]3CCC2C3)NC1=O. The number of carbonyl (C=O) groups excluding carboxylic acids is 2. The largest absolute Gasteiger partial charge is 0.360 e. The zero-order valence-corrected chi connectivity index (χ0v) is 20.0. The maximum absolute atomic E-state index is 13.1. The van der Waals surface area contributed by atoms with Gasteiger partial charge in [0.2, 0.25) is 5.91 Å². The fourth-order valence-electron chi connectivity index (χ4n) is 6.54. The number of amides is 2. The first-order valence-corrected chi connectivity index (χ1v) is 13.2. The molecule has 4 fully saturated rings. The molecule has 1 aromatic heterocycles. The molecule has 2 bridgehead atoms. The van der Waals surface area contributed by atoms with E-state index in [9.17, 15) is 9.59 Å². The van der Waals surface area contributed by atoms with Crippen LogP contribution in [-0.4, -0.2) is 50.7 Å².